The number of fused-ring (bicyclic) bond motifs is 1. The van der Waals surface area contributed by atoms with Gasteiger partial charge in [-0.1, -0.05) is 25.1 Å². The van der Waals surface area contributed by atoms with Crippen molar-refractivity contribution < 1.29 is 4.79 Å². The molecular weight excluding hydrogens is 200 g/mol. The molecule has 1 amide bonds. The highest BCUT2D eigenvalue weighted by molar-refractivity contribution is 5.83. The highest BCUT2D eigenvalue weighted by Crippen LogP contribution is 2.27. The number of para-hydroxylation sites is 1. The van der Waals surface area contributed by atoms with Crippen LogP contribution in [0.25, 0.3) is 10.9 Å². The number of carbonyl (C=O) groups is 1. The highest BCUT2D eigenvalue weighted by atomic mass is 16.1. The van der Waals surface area contributed by atoms with Gasteiger partial charge in [0.05, 0.1) is 0 Å². The minimum absolute atomic E-state index is 0.136. The quantitative estimate of drug-likeness (QED) is 0.757. The molecule has 0 fully saturated rings. The maximum atomic E-state index is 10.4. The largest absolute Gasteiger partial charge is 0.361 e. The van der Waals surface area contributed by atoms with E-state index in [-0.39, 0.29) is 6.04 Å². The van der Waals surface area contributed by atoms with Crippen LogP contribution in [-0.4, -0.2) is 17.4 Å². The molecule has 0 spiro atoms. The minimum atomic E-state index is 0.136. The number of rotatable bonds is 4. The second kappa shape index (κ2) is 4.39. The Labute approximate surface area is 94.9 Å². The molecule has 0 saturated heterocycles. The number of H-pyrrole nitrogens is 1. The summed E-state index contributed by atoms with van der Waals surface area (Å²) in [4.78, 5) is 13.7. The molecule has 0 aliphatic heterocycles. The normalized spacial score (nSPS) is 14.6. The first-order valence-corrected chi connectivity index (χ1v) is 5.49. The third-order valence-corrected chi connectivity index (χ3v) is 3.19. The van der Waals surface area contributed by atoms with Crippen molar-refractivity contribution in [2.75, 3.05) is 0 Å². The summed E-state index contributed by atoms with van der Waals surface area (Å²) in [5.41, 5.74) is 2.39. The molecule has 0 aliphatic carbocycles. The molecule has 1 aromatic carbocycles. The van der Waals surface area contributed by atoms with Gasteiger partial charge in [0.2, 0.25) is 6.41 Å². The van der Waals surface area contributed by atoms with Crippen molar-refractivity contribution in [1.82, 2.24) is 10.3 Å². The van der Waals surface area contributed by atoms with Crippen LogP contribution in [-0.2, 0) is 4.79 Å². The average molecular weight is 216 g/mol. The molecule has 0 unspecified atom stereocenters. The molecule has 2 aromatic rings. The van der Waals surface area contributed by atoms with E-state index < -0.39 is 0 Å². The van der Waals surface area contributed by atoms with Gasteiger partial charge in [-0.2, -0.15) is 0 Å². The Morgan fingerprint density at radius 2 is 2.06 bits per heavy atom. The van der Waals surface area contributed by atoms with Crippen molar-refractivity contribution in [1.29, 1.82) is 0 Å². The van der Waals surface area contributed by atoms with Crippen molar-refractivity contribution in [2.24, 2.45) is 0 Å². The molecule has 0 radical (unpaired) electrons. The smallest absolute Gasteiger partial charge is 0.207 e. The molecular formula is C13H16N2O. The number of aromatic amines is 1. The van der Waals surface area contributed by atoms with E-state index in [9.17, 15) is 4.79 Å². The lowest BCUT2D eigenvalue weighted by atomic mass is 9.94. The Morgan fingerprint density at radius 1 is 1.31 bits per heavy atom. The van der Waals surface area contributed by atoms with Crippen LogP contribution in [0.5, 0.6) is 0 Å². The molecule has 2 atom stereocenters. The second-order valence-electron chi connectivity index (χ2n) is 4.15. The molecule has 84 valence electrons. The van der Waals surface area contributed by atoms with Crippen LogP contribution < -0.4 is 5.32 Å². The van der Waals surface area contributed by atoms with Gasteiger partial charge in [-0.15, -0.1) is 0 Å². The first-order chi connectivity index (χ1) is 7.74. The Kier molecular flexibility index (Phi) is 2.95. The van der Waals surface area contributed by atoms with E-state index in [1.807, 2.05) is 25.3 Å². The van der Waals surface area contributed by atoms with Crippen molar-refractivity contribution in [3.8, 4) is 0 Å². The zero-order valence-electron chi connectivity index (χ0n) is 9.53. The predicted octanol–water partition coefficient (Wildman–Crippen LogP) is 2.41. The average Bonchev–Trinajstić information content (AvgIpc) is 2.72. The number of aromatic nitrogens is 1. The van der Waals surface area contributed by atoms with Gasteiger partial charge in [-0.25, -0.2) is 0 Å². The van der Waals surface area contributed by atoms with Crippen LogP contribution >= 0.6 is 0 Å². The summed E-state index contributed by atoms with van der Waals surface area (Å²) in [6, 6.07) is 8.34. The standard InChI is InChI=1S/C13H16N2O/c1-9(10(2)15-8-16)12-7-14-13-6-4-3-5-11(12)13/h3-10,14H,1-2H3,(H,15,16)/t9-,10-/m0/s1. The monoisotopic (exact) mass is 216 g/mol. The number of benzene rings is 1. The minimum Gasteiger partial charge on any atom is -0.361 e. The Hall–Kier alpha value is -1.77. The highest BCUT2D eigenvalue weighted by Gasteiger charge is 2.16. The molecule has 3 heteroatoms. The fourth-order valence-electron chi connectivity index (χ4n) is 1.99. The molecule has 1 heterocycles. The van der Waals surface area contributed by atoms with Crippen LogP contribution in [0.3, 0.4) is 0 Å². The number of nitrogens with one attached hydrogen (secondary N) is 2. The second-order valence-corrected chi connectivity index (χ2v) is 4.15. The Balaban J connectivity index is 2.36. The van der Waals surface area contributed by atoms with Crippen molar-refractivity contribution >= 4 is 17.3 Å². The van der Waals surface area contributed by atoms with Gasteiger partial charge < -0.3 is 10.3 Å². The van der Waals surface area contributed by atoms with E-state index in [1.165, 1.54) is 10.9 Å². The van der Waals surface area contributed by atoms with Gasteiger partial charge in [0.15, 0.2) is 0 Å². The number of carbonyl (C=O) groups excluding carboxylic acids is 1. The number of hydrogen-bond donors (Lipinski definition) is 2. The molecule has 1 aromatic heterocycles. The van der Waals surface area contributed by atoms with Crippen LogP contribution in [0.2, 0.25) is 0 Å². The third-order valence-electron chi connectivity index (χ3n) is 3.19. The number of hydrogen-bond acceptors (Lipinski definition) is 1. The molecule has 0 aliphatic rings. The Bertz CT molecular complexity index is 489. The molecule has 16 heavy (non-hydrogen) atoms. The molecule has 0 saturated carbocycles. The summed E-state index contributed by atoms with van der Waals surface area (Å²) in [6.45, 7) is 4.14. The number of amides is 1. The molecule has 2 rings (SSSR count). The topological polar surface area (TPSA) is 44.9 Å². The van der Waals surface area contributed by atoms with Gasteiger partial charge in [0, 0.05) is 29.1 Å². The van der Waals surface area contributed by atoms with Crippen molar-refractivity contribution in [2.45, 2.75) is 25.8 Å². The fraction of sp³-hybridized carbons (Fsp3) is 0.308. The summed E-state index contributed by atoms with van der Waals surface area (Å²) in [6.07, 6.45) is 2.79. The van der Waals surface area contributed by atoms with Crippen LogP contribution in [0.4, 0.5) is 0 Å². The first kappa shape index (κ1) is 10.7. The Morgan fingerprint density at radius 3 is 2.81 bits per heavy atom. The summed E-state index contributed by atoms with van der Waals surface area (Å²) in [5.74, 6) is 0.293. The van der Waals surface area contributed by atoms with E-state index in [0.29, 0.717) is 5.92 Å². The van der Waals surface area contributed by atoms with E-state index in [1.54, 1.807) is 0 Å². The summed E-state index contributed by atoms with van der Waals surface area (Å²) >= 11 is 0. The van der Waals surface area contributed by atoms with Crippen LogP contribution in [0, 0.1) is 0 Å². The van der Waals surface area contributed by atoms with Crippen molar-refractivity contribution in [3.63, 3.8) is 0 Å². The van der Waals surface area contributed by atoms with E-state index >= 15 is 0 Å². The molecule has 0 bridgehead atoms. The molecule has 3 nitrogen and oxygen atoms in total. The SMILES string of the molecule is C[C@H](NC=O)[C@H](C)c1c[nH]c2ccccc12. The predicted molar refractivity (Wildman–Crippen MR) is 65.4 cm³/mol. The zero-order valence-corrected chi connectivity index (χ0v) is 9.53. The van der Waals surface area contributed by atoms with E-state index in [4.69, 9.17) is 0 Å². The maximum Gasteiger partial charge on any atom is 0.207 e. The van der Waals surface area contributed by atoms with Gasteiger partial charge in [-0.3, -0.25) is 4.79 Å². The lowest BCUT2D eigenvalue weighted by Crippen LogP contribution is -2.29. The fourth-order valence-corrected chi connectivity index (χ4v) is 1.99. The van der Waals surface area contributed by atoms with Crippen LogP contribution in [0.15, 0.2) is 30.5 Å². The van der Waals surface area contributed by atoms with Gasteiger partial charge in [-0.05, 0) is 18.6 Å². The van der Waals surface area contributed by atoms with E-state index in [2.05, 4.69) is 29.4 Å². The maximum absolute atomic E-state index is 10.4. The van der Waals surface area contributed by atoms with E-state index in [0.717, 1.165) is 11.9 Å². The lowest BCUT2D eigenvalue weighted by molar-refractivity contribution is -0.110. The summed E-state index contributed by atoms with van der Waals surface area (Å²) in [7, 11) is 0. The summed E-state index contributed by atoms with van der Waals surface area (Å²) < 4.78 is 0. The zero-order chi connectivity index (χ0) is 11.5. The van der Waals surface area contributed by atoms with Crippen molar-refractivity contribution in [3.05, 3.63) is 36.0 Å². The first-order valence-electron chi connectivity index (χ1n) is 5.49. The summed E-state index contributed by atoms with van der Waals surface area (Å²) in [5, 5.41) is 4.03. The lowest BCUT2D eigenvalue weighted by Gasteiger charge is -2.18. The van der Waals surface area contributed by atoms with Gasteiger partial charge in [0.1, 0.15) is 0 Å². The third kappa shape index (κ3) is 1.81. The van der Waals surface area contributed by atoms with Gasteiger partial charge in [0.25, 0.3) is 0 Å². The molecule has 2 N–H and O–H groups in total. The van der Waals surface area contributed by atoms with Crippen LogP contribution in [0.1, 0.15) is 25.3 Å². The van der Waals surface area contributed by atoms with Gasteiger partial charge >= 0.3 is 0 Å².